The lowest BCUT2D eigenvalue weighted by Crippen LogP contribution is -2.65. The molecule has 5 nitrogen and oxygen atoms in total. The molecular formula is C15H22O5. The van der Waals surface area contributed by atoms with Gasteiger partial charge in [-0.1, -0.05) is 26.7 Å². The molecule has 6 atom stereocenters. The maximum Gasteiger partial charge on any atom is 0.336 e. The molecule has 0 aromatic carbocycles. The minimum atomic E-state index is -2.05. The first-order valence-electron chi connectivity index (χ1n) is 7.27. The molecule has 20 heavy (non-hydrogen) atoms. The Morgan fingerprint density at radius 3 is 2.60 bits per heavy atom. The molecule has 112 valence electrons. The standard InChI is InChI=1S/C15H22O5/c1-7-5-4-6-9-11(16)15(19)10(8(2)13(18)20-15)12(17)14(7,9)3/h7,9,11-12,16-17,19H,4-6H2,1-3H3/t7-,9+,11+,12+,14+,15+/m0/s1. The molecule has 2 fully saturated rings. The number of carbonyl (C=O) groups excluding carboxylic acids is 1. The Balaban J connectivity index is 2.17. The van der Waals surface area contributed by atoms with Crippen molar-refractivity contribution < 1.29 is 24.9 Å². The Hall–Kier alpha value is -0.910. The average molecular weight is 282 g/mol. The van der Waals surface area contributed by atoms with E-state index in [1.807, 2.05) is 6.92 Å². The summed E-state index contributed by atoms with van der Waals surface area (Å²) in [6.07, 6.45) is 0.465. The Kier molecular flexibility index (Phi) is 2.85. The zero-order valence-corrected chi connectivity index (χ0v) is 12.1. The van der Waals surface area contributed by atoms with Crippen LogP contribution in [0.2, 0.25) is 0 Å². The minimum Gasteiger partial charge on any atom is -0.423 e. The summed E-state index contributed by atoms with van der Waals surface area (Å²) in [6.45, 7) is 5.53. The van der Waals surface area contributed by atoms with Crippen LogP contribution in [0.5, 0.6) is 0 Å². The van der Waals surface area contributed by atoms with Gasteiger partial charge in [0.1, 0.15) is 6.10 Å². The molecule has 3 aliphatic rings. The normalized spacial score (nSPS) is 51.6. The Morgan fingerprint density at radius 2 is 1.95 bits per heavy atom. The number of rotatable bonds is 0. The maximum atomic E-state index is 11.8. The maximum absolute atomic E-state index is 11.8. The van der Waals surface area contributed by atoms with Crippen LogP contribution in [0.1, 0.15) is 40.0 Å². The van der Waals surface area contributed by atoms with Gasteiger partial charge in [0.05, 0.1) is 6.10 Å². The quantitative estimate of drug-likeness (QED) is 0.570. The molecule has 1 aliphatic heterocycles. The zero-order chi connectivity index (χ0) is 14.9. The summed E-state index contributed by atoms with van der Waals surface area (Å²) in [4.78, 5) is 11.8. The van der Waals surface area contributed by atoms with Crippen LogP contribution in [0.15, 0.2) is 11.1 Å². The molecule has 0 radical (unpaired) electrons. The smallest absolute Gasteiger partial charge is 0.336 e. The van der Waals surface area contributed by atoms with Crippen molar-refractivity contribution in [1.29, 1.82) is 0 Å². The molecule has 5 heteroatoms. The van der Waals surface area contributed by atoms with Crippen molar-refractivity contribution in [2.45, 2.75) is 58.0 Å². The van der Waals surface area contributed by atoms with Gasteiger partial charge in [0.15, 0.2) is 0 Å². The number of fused-ring (bicyclic) bond motifs is 2. The number of ether oxygens (including phenoxy) is 1. The number of hydrogen-bond acceptors (Lipinski definition) is 5. The first-order valence-corrected chi connectivity index (χ1v) is 7.27. The number of esters is 1. The highest BCUT2D eigenvalue weighted by Gasteiger charge is 2.67. The summed E-state index contributed by atoms with van der Waals surface area (Å²) in [5.41, 5.74) is -0.173. The van der Waals surface area contributed by atoms with Gasteiger partial charge in [-0.15, -0.1) is 0 Å². The van der Waals surface area contributed by atoms with Crippen LogP contribution in [0.4, 0.5) is 0 Å². The molecular weight excluding hydrogens is 260 g/mol. The molecule has 0 unspecified atom stereocenters. The third kappa shape index (κ3) is 1.41. The van der Waals surface area contributed by atoms with Crippen molar-refractivity contribution in [3.05, 3.63) is 11.1 Å². The Bertz CT molecular complexity index is 498. The van der Waals surface area contributed by atoms with Crippen molar-refractivity contribution in [2.75, 3.05) is 0 Å². The number of aliphatic hydroxyl groups excluding tert-OH is 2. The highest BCUT2D eigenvalue weighted by molar-refractivity contribution is 5.92. The zero-order valence-electron chi connectivity index (χ0n) is 12.1. The van der Waals surface area contributed by atoms with Crippen molar-refractivity contribution in [3.63, 3.8) is 0 Å². The van der Waals surface area contributed by atoms with Crippen LogP contribution >= 0.6 is 0 Å². The number of aliphatic hydroxyl groups is 3. The molecule has 0 spiro atoms. The first-order chi connectivity index (χ1) is 9.24. The molecule has 0 amide bonds. The van der Waals surface area contributed by atoms with E-state index in [9.17, 15) is 20.1 Å². The van der Waals surface area contributed by atoms with Crippen molar-refractivity contribution >= 4 is 5.97 Å². The van der Waals surface area contributed by atoms with E-state index < -0.39 is 29.4 Å². The number of hydrogen-bond donors (Lipinski definition) is 3. The lowest BCUT2D eigenvalue weighted by Gasteiger charge is -2.57. The molecule has 0 aromatic heterocycles. The van der Waals surface area contributed by atoms with Gasteiger partial charge in [-0.3, -0.25) is 0 Å². The van der Waals surface area contributed by atoms with Crippen LogP contribution < -0.4 is 0 Å². The van der Waals surface area contributed by atoms with Gasteiger partial charge in [0, 0.05) is 22.5 Å². The second kappa shape index (κ2) is 4.06. The Labute approximate surface area is 118 Å². The lowest BCUT2D eigenvalue weighted by atomic mass is 9.51. The van der Waals surface area contributed by atoms with E-state index in [1.54, 1.807) is 0 Å². The predicted octanol–water partition coefficient (Wildman–Crippen LogP) is 0.726. The predicted molar refractivity (Wildman–Crippen MR) is 70.4 cm³/mol. The van der Waals surface area contributed by atoms with Crippen molar-refractivity contribution in [2.24, 2.45) is 17.3 Å². The molecule has 2 aliphatic carbocycles. The van der Waals surface area contributed by atoms with Gasteiger partial charge < -0.3 is 20.1 Å². The summed E-state index contributed by atoms with van der Waals surface area (Å²) < 4.78 is 5.01. The fourth-order valence-electron chi connectivity index (χ4n) is 4.46. The second-order valence-electron chi connectivity index (χ2n) is 6.78. The minimum absolute atomic E-state index is 0.155. The van der Waals surface area contributed by atoms with Gasteiger partial charge in [-0.25, -0.2) is 4.79 Å². The molecule has 3 N–H and O–H groups in total. The average Bonchev–Trinajstić information content (AvgIpc) is 2.62. The molecule has 0 saturated heterocycles. The van der Waals surface area contributed by atoms with Crippen LogP contribution in [-0.2, 0) is 9.53 Å². The van der Waals surface area contributed by atoms with Gasteiger partial charge in [-0.2, -0.15) is 0 Å². The van der Waals surface area contributed by atoms with E-state index in [0.29, 0.717) is 6.42 Å². The summed E-state index contributed by atoms with van der Waals surface area (Å²) in [7, 11) is 0. The summed E-state index contributed by atoms with van der Waals surface area (Å²) in [5, 5.41) is 32.0. The summed E-state index contributed by atoms with van der Waals surface area (Å²) in [6, 6.07) is 0. The van der Waals surface area contributed by atoms with E-state index in [4.69, 9.17) is 4.74 Å². The topological polar surface area (TPSA) is 87.0 Å². The summed E-state index contributed by atoms with van der Waals surface area (Å²) >= 11 is 0. The van der Waals surface area contributed by atoms with Crippen molar-refractivity contribution in [1.82, 2.24) is 0 Å². The van der Waals surface area contributed by atoms with E-state index >= 15 is 0 Å². The third-order valence-electron chi connectivity index (χ3n) is 6.00. The van der Waals surface area contributed by atoms with Crippen LogP contribution in [0.25, 0.3) is 0 Å². The first kappa shape index (κ1) is 14.0. The van der Waals surface area contributed by atoms with Crippen LogP contribution in [-0.4, -0.2) is 39.3 Å². The van der Waals surface area contributed by atoms with Gasteiger partial charge in [-0.05, 0) is 19.3 Å². The van der Waals surface area contributed by atoms with Crippen LogP contribution in [0.3, 0.4) is 0 Å². The van der Waals surface area contributed by atoms with E-state index in [1.165, 1.54) is 6.92 Å². The van der Waals surface area contributed by atoms with Crippen LogP contribution in [0, 0.1) is 17.3 Å². The fraction of sp³-hybridized carbons (Fsp3) is 0.800. The molecule has 0 bridgehead atoms. The second-order valence-corrected chi connectivity index (χ2v) is 6.78. The number of carbonyl (C=O) groups is 1. The molecule has 1 heterocycles. The highest BCUT2D eigenvalue weighted by atomic mass is 16.7. The molecule has 0 aromatic rings. The van der Waals surface area contributed by atoms with Gasteiger partial charge in [0.2, 0.25) is 0 Å². The highest BCUT2D eigenvalue weighted by Crippen LogP contribution is 2.59. The monoisotopic (exact) mass is 282 g/mol. The van der Waals surface area contributed by atoms with Crippen molar-refractivity contribution in [3.8, 4) is 0 Å². The van der Waals surface area contributed by atoms with E-state index in [2.05, 4.69) is 6.92 Å². The summed E-state index contributed by atoms with van der Waals surface area (Å²) in [5.74, 6) is -2.79. The molecule has 2 saturated carbocycles. The van der Waals surface area contributed by atoms with Gasteiger partial charge >= 0.3 is 5.97 Å². The Morgan fingerprint density at radius 1 is 1.30 bits per heavy atom. The lowest BCUT2D eigenvalue weighted by molar-refractivity contribution is -0.273. The van der Waals surface area contributed by atoms with E-state index in [-0.39, 0.29) is 23.0 Å². The SMILES string of the molecule is CC1=C2[C@@H](O)[C@@]3(C)[C@H](CCC[C@@H]3C)[C@@H](O)[C@]2(O)OC1=O. The molecule has 3 rings (SSSR count). The fourth-order valence-corrected chi connectivity index (χ4v) is 4.46. The van der Waals surface area contributed by atoms with E-state index in [0.717, 1.165) is 12.8 Å². The van der Waals surface area contributed by atoms with Gasteiger partial charge in [0.25, 0.3) is 5.79 Å². The largest absolute Gasteiger partial charge is 0.423 e. The third-order valence-corrected chi connectivity index (χ3v) is 6.00.